The Balaban J connectivity index is 2.63. The van der Waals surface area contributed by atoms with E-state index in [1.807, 2.05) is 6.92 Å². The second-order valence-electron chi connectivity index (χ2n) is 2.86. The molecule has 0 radical (unpaired) electrons. The Morgan fingerprint density at radius 2 is 2.25 bits per heavy atom. The van der Waals surface area contributed by atoms with Crippen LogP contribution in [0.2, 0.25) is 0 Å². The second-order valence-corrected chi connectivity index (χ2v) is 3.82. The monoisotopic (exact) mass is 184 g/mol. The van der Waals surface area contributed by atoms with Crippen molar-refractivity contribution in [3.63, 3.8) is 0 Å². The first kappa shape index (κ1) is 9.26. The van der Waals surface area contributed by atoms with Gasteiger partial charge >= 0.3 is 5.97 Å². The van der Waals surface area contributed by atoms with Gasteiger partial charge in [-0.15, -0.1) is 11.3 Å². The van der Waals surface area contributed by atoms with Gasteiger partial charge in [-0.3, -0.25) is 4.79 Å². The minimum Gasteiger partial charge on any atom is -0.481 e. The van der Waals surface area contributed by atoms with Crippen LogP contribution in [0.4, 0.5) is 0 Å². The molecule has 0 amide bonds. The summed E-state index contributed by atoms with van der Waals surface area (Å²) in [6, 6.07) is 0. The first-order valence-electron chi connectivity index (χ1n) is 3.86. The van der Waals surface area contributed by atoms with Gasteiger partial charge in [0.05, 0.1) is 6.42 Å². The first-order valence-corrected chi connectivity index (χ1v) is 4.74. The molecular formula is C9H12O2S. The SMILES string of the molecule is Cc1csc(CCC(=O)O)c1C. The molecule has 2 nitrogen and oxygen atoms in total. The van der Waals surface area contributed by atoms with Crippen molar-refractivity contribution >= 4 is 17.3 Å². The number of hydrogen-bond donors (Lipinski definition) is 1. The Labute approximate surface area is 75.9 Å². The molecule has 66 valence electrons. The number of rotatable bonds is 3. The molecule has 1 aromatic rings. The molecule has 0 atom stereocenters. The van der Waals surface area contributed by atoms with Crippen molar-refractivity contribution < 1.29 is 9.90 Å². The minimum atomic E-state index is -0.722. The summed E-state index contributed by atoms with van der Waals surface area (Å²) in [6.45, 7) is 4.10. The molecular weight excluding hydrogens is 172 g/mol. The fraction of sp³-hybridized carbons (Fsp3) is 0.444. The summed E-state index contributed by atoms with van der Waals surface area (Å²) in [5.41, 5.74) is 2.52. The molecule has 0 aliphatic carbocycles. The van der Waals surface area contributed by atoms with Crippen LogP contribution < -0.4 is 0 Å². The number of carboxylic acids is 1. The fourth-order valence-corrected chi connectivity index (χ4v) is 2.08. The fourth-order valence-electron chi connectivity index (χ4n) is 1.02. The Kier molecular flexibility index (Phi) is 2.87. The summed E-state index contributed by atoms with van der Waals surface area (Å²) in [6.07, 6.45) is 0.903. The smallest absolute Gasteiger partial charge is 0.303 e. The quantitative estimate of drug-likeness (QED) is 0.783. The van der Waals surface area contributed by atoms with E-state index in [0.29, 0.717) is 6.42 Å². The van der Waals surface area contributed by atoms with Gasteiger partial charge in [0.2, 0.25) is 0 Å². The van der Waals surface area contributed by atoms with Crippen LogP contribution in [0.3, 0.4) is 0 Å². The Morgan fingerprint density at radius 3 is 2.67 bits per heavy atom. The summed E-state index contributed by atoms with van der Waals surface area (Å²) in [7, 11) is 0. The molecule has 3 heteroatoms. The minimum absolute atomic E-state index is 0.237. The van der Waals surface area contributed by atoms with Crippen LogP contribution in [-0.2, 0) is 11.2 Å². The van der Waals surface area contributed by atoms with Crippen molar-refractivity contribution in [2.24, 2.45) is 0 Å². The number of carbonyl (C=O) groups is 1. The number of hydrogen-bond acceptors (Lipinski definition) is 2. The zero-order valence-electron chi connectivity index (χ0n) is 7.26. The maximum Gasteiger partial charge on any atom is 0.303 e. The predicted octanol–water partition coefficient (Wildman–Crippen LogP) is 2.38. The maximum atomic E-state index is 10.3. The zero-order chi connectivity index (χ0) is 9.14. The van der Waals surface area contributed by atoms with Crippen molar-refractivity contribution in [2.75, 3.05) is 0 Å². The van der Waals surface area contributed by atoms with Crippen LogP contribution in [0, 0.1) is 13.8 Å². The highest BCUT2D eigenvalue weighted by molar-refractivity contribution is 7.10. The van der Waals surface area contributed by atoms with E-state index >= 15 is 0 Å². The molecule has 12 heavy (non-hydrogen) atoms. The number of aliphatic carboxylic acids is 1. The van der Waals surface area contributed by atoms with Crippen molar-refractivity contribution in [3.05, 3.63) is 21.4 Å². The van der Waals surface area contributed by atoms with Crippen molar-refractivity contribution in [3.8, 4) is 0 Å². The normalized spacial score (nSPS) is 10.2. The van der Waals surface area contributed by atoms with E-state index in [-0.39, 0.29) is 6.42 Å². The summed E-state index contributed by atoms with van der Waals surface area (Å²) < 4.78 is 0. The molecule has 0 saturated carbocycles. The number of carboxylic acid groups (broad SMARTS) is 1. The standard InChI is InChI=1S/C9H12O2S/c1-6-5-12-8(7(6)2)3-4-9(10)11/h5H,3-4H2,1-2H3,(H,10,11). The predicted molar refractivity (Wildman–Crippen MR) is 49.7 cm³/mol. The van der Waals surface area contributed by atoms with Crippen LogP contribution in [-0.4, -0.2) is 11.1 Å². The number of thiophene rings is 1. The van der Waals surface area contributed by atoms with Crippen LogP contribution in [0.5, 0.6) is 0 Å². The van der Waals surface area contributed by atoms with Gasteiger partial charge in [0.15, 0.2) is 0 Å². The highest BCUT2D eigenvalue weighted by atomic mass is 32.1. The second kappa shape index (κ2) is 3.72. The molecule has 1 rings (SSSR count). The molecule has 0 aromatic carbocycles. The topological polar surface area (TPSA) is 37.3 Å². The van der Waals surface area contributed by atoms with Crippen LogP contribution >= 0.6 is 11.3 Å². The van der Waals surface area contributed by atoms with Crippen LogP contribution in [0.25, 0.3) is 0 Å². The Bertz CT molecular complexity index is 289. The van der Waals surface area contributed by atoms with E-state index < -0.39 is 5.97 Å². The van der Waals surface area contributed by atoms with Crippen LogP contribution in [0.1, 0.15) is 22.4 Å². The maximum absolute atomic E-state index is 10.3. The van der Waals surface area contributed by atoms with Crippen LogP contribution in [0.15, 0.2) is 5.38 Å². The third kappa shape index (κ3) is 2.08. The molecule has 0 unspecified atom stereocenters. The Morgan fingerprint density at radius 1 is 1.58 bits per heavy atom. The van der Waals surface area contributed by atoms with Crippen molar-refractivity contribution in [1.29, 1.82) is 0 Å². The molecule has 0 aliphatic heterocycles. The molecule has 0 saturated heterocycles. The lowest BCUT2D eigenvalue weighted by Crippen LogP contribution is -1.96. The van der Waals surface area contributed by atoms with Gasteiger partial charge in [-0.1, -0.05) is 0 Å². The first-order chi connectivity index (χ1) is 5.61. The van der Waals surface area contributed by atoms with Gasteiger partial charge in [-0.25, -0.2) is 0 Å². The van der Waals surface area contributed by atoms with E-state index in [1.54, 1.807) is 11.3 Å². The average Bonchev–Trinajstić information content (AvgIpc) is 2.30. The summed E-state index contributed by atoms with van der Waals surface area (Å²) in [5.74, 6) is -0.722. The van der Waals surface area contributed by atoms with E-state index in [4.69, 9.17) is 5.11 Å². The highest BCUT2D eigenvalue weighted by Crippen LogP contribution is 2.21. The van der Waals surface area contributed by atoms with E-state index in [1.165, 1.54) is 16.0 Å². The molecule has 0 bridgehead atoms. The summed E-state index contributed by atoms with van der Waals surface area (Å²) in [4.78, 5) is 11.5. The Hall–Kier alpha value is -0.830. The lowest BCUT2D eigenvalue weighted by Gasteiger charge is -1.96. The van der Waals surface area contributed by atoms with Crippen molar-refractivity contribution in [2.45, 2.75) is 26.7 Å². The molecule has 1 aromatic heterocycles. The number of aryl methyl sites for hydroxylation is 2. The molecule has 0 spiro atoms. The molecule has 0 aliphatic rings. The highest BCUT2D eigenvalue weighted by Gasteiger charge is 2.05. The average molecular weight is 184 g/mol. The third-order valence-electron chi connectivity index (χ3n) is 1.95. The van der Waals surface area contributed by atoms with E-state index in [0.717, 1.165) is 0 Å². The van der Waals surface area contributed by atoms with Crippen molar-refractivity contribution in [1.82, 2.24) is 0 Å². The van der Waals surface area contributed by atoms with E-state index in [2.05, 4.69) is 12.3 Å². The van der Waals surface area contributed by atoms with Gasteiger partial charge in [0, 0.05) is 4.88 Å². The molecule has 1 N–H and O–H groups in total. The van der Waals surface area contributed by atoms with Gasteiger partial charge < -0.3 is 5.11 Å². The van der Waals surface area contributed by atoms with Gasteiger partial charge in [0.25, 0.3) is 0 Å². The molecule has 1 heterocycles. The summed E-state index contributed by atoms with van der Waals surface area (Å²) in [5, 5.41) is 10.6. The zero-order valence-corrected chi connectivity index (χ0v) is 8.07. The lowest BCUT2D eigenvalue weighted by atomic mass is 10.1. The lowest BCUT2D eigenvalue weighted by molar-refractivity contribution is -0.136. The third-order valence-corrected chi connectivity index (χ3v) is 3.22. The summed E-state index contributed by atoms with van der Waals surface area (Å²) >= 11 is 1.65. The van der Waals surface area contributed by atoms with E-state index in [9.17, 15) is 4.79 Å². The van der Waals surface area contributed by atoms with Gasteiger partial charge in [-0.05, 0) is 36.8 Å². The largest absolute Gasteiger partial charge is 0.481 e. The molecule has 0 fully saturated rings. The van der Waals surface area contributed by atoms with Gasteiger partial charge in [-0.2, -0.15) is 0 Å². The van der Waals surface area contributed by atoms with Gasteiger partial charge in [0.1, 0.15) is 0 Å².